The van der Waals surface area contributed by atoms with Gasteiger partial charge in [-0.1, -0.05) is 0 Å². The molecular formula is C21H23F3N4O4. The van der Waals surface area contributed by atoms with Crippen molar-refractivity contribution in [2.24, 2.45) is 0 Å². The first kappa shape index (κ1) is 23.3. The van der Waals surface area contributed by atoms with Gasteiger partial charge in [0.05, 0.1) is 25.5 Å². The van der Waals surface area contributed by atoms with Crippen LogP contribution in [0.1, 0.15) is 42.7 Å². The molecule has 1 N–H and O–H groups in total. The molecule has 2 heterocycles. The van der Waals surface area contributed by atoms with Gasteiger partial charge in [0.2, 0.25) is 0 Å². The lowest BCUT2D eigenvalue weighted by Crippen LogP contribution is -2.43. The van der Waals surface area contributed by atoms with Gasteiger partial charge in [-0.05, 0) is 32.4 Å². The number of hydrogen-bond donors (Lipinski definition) is 1. The zero-order valence-electron chi connectivity index (χ0n) is 18.0. The predicted molar refractivity (Wildman–Crippen MR) is 108 cm³/mol. The van der Waals surface area contributed by atoms with Gasteiger partial charge >= 0.3 is 12.1 Å². The Balaban J connectivity index is 1.89. The van der Waals surface area contributed by atoms with Crippen molar-refractivity contribution < 1.29 is 32.2 Å². The van der Waals surface area contributed by atoms with Crippen molar-refractivity contribution in [3.8, 4) is 0 Å². The lowest BCUT2D eigenvalue weighted by atomic mass is 9.93. The summed E-state index contributed by atoms with van der Waals surface area (Å²) in [6.45, 7) is 5.36. The number of methoxy groups -OCH3 is 1. The Kier molecular flexibility index (Phi) is 6.56. The van der Waals surface area contributed by atoms with Crippen molar-refractivity contribution in [3.05, 3.63) is 53.2 Å². The van der Waals surface area contributed by atoms with E-state index in [1.165, 1.54) is 19.5 Å². The minimum Gasteiger partial charge on any atom is -0.464 e. The van der Waals surface area contributed by atoms with Gasteiger partial charge < -0.3 is 19.7 Å². The smallest absolute Gasteiger partial charge is 0.407 e. The highest BCUT2D eigenvalue weighted by atomic mass is 19.2. The van der Waals surface area contributed by atoms with Crippen LogP contribution >= 0.6 is 0 Å². The van der Waals surface area contributed by atoms with Gasteiger partial charge in [0.25, 0.3) is 0 Å². The van der Waals surface area contributed by atoms with Crippen LogP contribution in [-0.4, -0.2) is 53.9 Å². The van der Waals surface area contributed by atoms with Crippen LogP contribution < -0.4 is 10.2 Å². The summed E-state index contributed by atoms with van der Waals surface area (Å²) in [6.07, 6.45) is 1.83. The largest absolute Gasteiger partial charge is 0.464 e. The molecule has 0 bridgehead atoms. The van der Waals surface area contributed by atoms with Crippen LogP contribution in [0.2, 0.25) is 0 Å². The van der Waals surface area contributed by atoms with E-state index in [0.717, 1.165) is 6.07 Å². The summed E-state index contributed by atoms with van der Waals surface area (Å²) in [5, 5.41) is 2.68. The first-order chi connectivity index (χ1) is 15.0. The van der Waals surface area contributed by atoms with Crippen molar-refractivity contribution >= 4 is 17.9 Å². The van der Waals surface area contributed by atoms with E-state index >= 15 is 0 Å². The van der Waals surface area contributed by atoms with Crippen LogP contribution in [0.4, 0.5) is 23.8 Å². The van der Waals surface area contributed by atoms with Gasteiger partial charge in [0.1, 0.15) is 17.2 Å². The second kappa shape index (κ2) is 9.01. The quantitative estimate of drug-likeness (QED) is 0.563. The summed E-state index contributed by atoms with van der Waals surface area (Å²) in [5.74, 6) is -4.48. The molecule has 1 fully saturated rings. The molecule has 8 nitrogen and oxygen atoms in total. The van der Waals surface area contributed by atoms with Crippen LogP contribution in [-0.2, 0) is 9.47 Å². The SMILES string of the molecule is COC(=O)c1cnc(N2CC(NC(=O)OC(C)(C)C)C(c3cc(F)c(F)cc3F)C2)cn1. The van der Waals surface area contributed by atoms with E-state index < -0.39 is 47.1 Å². The topological polar surface area (TPSA) is 93.7 Å². The Labute approximate surface area is 182 Å². The first-order valence-electron chi connectivity index (χ1n) is 9.77. The summed E-state index contributed by atoms with van der Waals surface area (Å²) in [6, 6.07) is 0.559. The summed E-state index contributed by atoms with van der Waals surface area (Å²) in [4.78, 5) is 33.7. The molecule has 11 heteroatoms. The standard InChI is InChI=1S/C21H23F3N4O4/c1-21(2,3)32-20(30)27-17-10-28(18-8-25-16(7-26-18)19(29)31-4)9-12(17)11-5-14(23)15(24)6-13(11)22/h5-8,12,17H,9-10H2,1-4H3,(H,27,30). The predicted octanol–water partition coefficient (Wildman–Crippen LogP) is 3.18. The molecule has 2 atom stereocenters. The zero-order chi connectivity index (χ0) is 23.6. The third kappa shape index (κ3) is 5.27. The number of carbonyl (C=O) groups is 2. The maximum atomic E-state index is 14.5. The number of nitrogens with one attached hydrogen (secondary N) is 1. The average Bonchev–Trinajstić information content (AvgIpc) is 3.12. The number of aromatic nitrogens is 2. The van der Waals surface area contributed by atoms with Gasteiger partial charge in [0.15, 0.2) is 17.3 Å². The number of amides is 1. The number of rotatable bonds is 4. The number of ether oxygens (including phenoxy) is 2. The molecule has 1 aromatic carbocycles. The minimum absolute atomic E-state index is 0.00192. The lowest BCUT2D eigenvalue weighted by Gasteiger charge is -2.24. The first-order valence-corrected chi connectivity index (χ1v) is 9.77. The molecule has 0 spiro atoms. The van der Waals surface area contributed by atoms with E-state index in [1.807, 2.05) is 0 Å². The Morgan fingerprint density at radius 1 is 1.06 bits per heavy atom. The maximum absolute atomic E-state index is 14.5. The minimum atomic E-state index is -1.30. The van der Waals surface area contributed by atoms with E-state index in [9.17, 15) is 22.8 Å². The molecular weight excluding hydrogens is 429 g/mol. The number of hydrogen-bond acceptors (Lipinski definition) is 7. The molecule has 0 aliphatic carbocycles. The molecule has 1 aliphatic rings. The number of alkyl carbamates (subject to hydrolysis) is 1. The monoisotopic (exact) mass is 452 g/mol. The van der Waals surface area contributed by atoms with E-state index in [1.54, 1.807) is 25.7 Å². The molecule has 1 aliphatic heterocycles. The molecule has 0 radical (unpaired) electrons. The normalized spacial score (nSPS) is 18.4. The van der Waals surface area contributed by atoms with Crippen LogP contribution in [0.5, 0.6) is 0 Å². The Morgan fingerprint density at radius 3 is 2.34 bits per heavy atom. The molecule has 2 aromatic rings. The maximum Gasteiger partial charge on any atom is 0.407 e. The zero-order valence-corrected chi connectivity index (χ0v) is 18.0. The summed E-state index contributed by atoms with van der Waals surface area (Å²) < 4.78 is 51.7. The van der Waals surface area contributed by atoms with Crippen LogP contribution in [0, 0.1) is 17.5 Å². The second-order valence-electron chi connectivity index (χ2n) is 8.30. The number of halogens is 3. The van der Waals surface area contributed by atoms with Gasteiger partial charge in [-0.25, -0.2) is 32.7 Å². The Hall–Kier alpha value is -3.37. The molecule has 1 aromatic heterocycles. The molecule has 172 valence electrons. The van der Waals surface area contributed by atoms with Gasteiger partial charge in [0, 0.05) is 25.1 Å². The van der Waals surface area contributed by atoms with E-state index in [2.05, 4.69) is 20.0 Å². The van der Waals surface area contributed by atoms with Crippen LogP contribution in [0.25, 0.3) is 0 Å². The highest BCUT2D eigenvalue weighted by Gasteiger charge is 2.38. The molecule has 1 saturated heterocycles. The molecule has 3 rings (SSSR count). The molecule has 0 saturated carbocycles. The van der Waals surface area contributed by atoms with Crippen LogP contribution in [0.3, 0.4) is 0 Å². The van der Waals surface area contributed by atoms with E-state index in [4.69, 9.17) is 4.74 Å². The third-order valence-electron chi connectivity index (χ3n) is 4.82. The Morgan fingerprint density at radius 2 is 1.75 bits per heavy atom. The van der Waals surface area contributed by atoms with Crippen molar-refractivity contribution in [2.75, 3.05) is 25.1 Å². The van der Waals surface area contributed by atoms with Crippen molar-refractivity contribution in [3.63, 3.8) is 0 Å². The van der Waals surface area contributed by atoms with Gasteiger partial charge in [-0.2, -0.15) is 0 Å². The van der Waals surface area contributed by atoms with Crippen molar-refractivity contribution in [1.29, 1.82) is 0 Å². The fraction of sp³-hybridized carbons (Fsp3) is 0.429. The van der Waals surface area contributed by atoms with Gasteiger partial charge in [-0.15, -0.1) is 0 Å². The van der Waals surface area contributed by atoms with Crippen LogP contribution in [0.15, 0.2) is 24.5 Å². The molecule has 32 heavy (non-hydrogen) atoms. The number of carbonyl (C=O) groups excluding carboxylic acids is 2. The van der Waals surface area contributed by atoms with E-state index in [-0.39, 0.29) is 24.3 Å². The average molecular weight is 452 g/mol. The highest BCUT2D eigenvalue weighted by molar-refractivity contribution is 5.86. The number of anilines is 1. The second-order valence-corrected chi connectivity index (χ2v) is 8.30. The van der Waals surface area contributed by atoms with Crippen molar-refractivity contribution in [1.82, 2.24) is 15.3 Å². The fourth-order valence-corrected chi connectivity index (χ4v) is 3.43. The summed E-state index contributed by atoms with van der Waals surface area (Å²) in [7, 11) is 1.21. The molecule has 1 amide bonds. The number of nitrogens with zero attached hydrogens (tertiary/aromatic N) is 3. The molecule has 2 unspecified atom stereocenters. The summed E-state index contributed by atoms with van der Waals surface area (Å²) in [5.41, 5.74) is -0.853. The third-order valence-corrected chi connectivity index (χ3v) is 4.82. The summed E-state index contributed by atoms with van der Waals surface area (Å²) >= 11 is 0. The fourth-order valence-electron chi connectivity index (χ4n) is 3.43. The number of benzene rings is 1. The Bertz CT molecular complexity index is 1010. The number of esters is 1. The van der Waals surface area contributed by atoms with Crippen molar-refractivity contribution in [2.45, 2.75) is 38.3 Å². The lowest BCUT2D eigenvalue weighted by molar-refractivity contribution is 0.0503. The highest BCUT2D eigenvalue weighted by Crippen LogP contribution is 2.33. The van der Waals surface area contributed by atoms with E-state index in [0.29, 0.717) is 11.9 Å². The van der Waals surface area contributed by atoms with Gasteiger partial charge in [-0.3, -0.25) is 0 Å².